The Balaban J connectivity index is 2.40. The predicted molar refractivity (Wildman–Crippen MR) is 78.1 cm³/mol. The smallest absolute Gasteiger partial charge is 0.126 e. The van der Waals surface area contributed by atoms with Gasteiger partial charge in [-0.25, -0.2) is 4.39 Å². The van der Waals surface area contributed by atoms with E-state index in [1.807, 2.05) is 25.1 Å². The largest absolute Gasteiger partial charge is 0.207 e. The molecule has 0 aliphatic rings. The van der Waals surface area contributed by atoms with Gasteiger partial charge in [-0.05, 0) is 54.3 Å². The summed E-state index contributed by atoms with van der Waals surface area (Å²) in [5, 5.41) is 0.716. The lowest BCUT2D eigenvalue weighted by Gasteiger charge is -2.13. The van der Waals surface area contributed by atoms with Crippen LogP contribution in [0.3, 0.4) is 0 Å². The summed E-state index contributed by atoms with van der Waals surface area (Å²) in [5.74, 6) is -0.180. The Morgan fingerprint density at radius 2 is 1.78 bits per heavy atom. The van der Waals surface area contributed by atoms with E-state index in [1.54, 1.807) is 13.0 Å². The van der Waals surface area contributed by atoms with Crippen molar-refractivity contribution < 1.29 is 4.39 Å². The molecule has 0 amide bonds. The average Bonchev–Trinajstić information content (AvgIpc) is 2.30. The van der Waals surface area contributed by atoms with Crippen LogP contribution in [0.15, 0.2) is 36.4 Å². The van der Waals surface area contributed by atoms with Gasteiger partial charge in [0, 0.05) is 5.02 Å². The summed E-state index contributed by atoms with van der Waals surface area (Å²) in [6.07, 6.45) is 0. The van der Waals surface area contributed by atoms with Gasteiger partial charge in [-0.2, -0.15) is 0 Å². The lowest BCUT2D eigenvalue weighted by molar-refractivity contribution is 0.618. The normalized spacial score (nSPS) is 12.5. The van der Waals surface area contributed by atoms with Crippen LogP contribution in [0.25, 0.3) is 0 Å². The molecule has 0 saturated carbocycles. The highest BCUT2D eigenvalue weighted by Crippen LogP contribution is 2.33. The minimum Gasteiger partial charge on any atom is -0.207 e. The van der Waals surface area contributed by atoms with E-state index in [0.717, 1.165) is 16.7 Å². The van der Waals surface area contributed by atoms with Crippen molar-refractivity contribution in [3.63, 3.8) is 0 Å². The molecule has 2 aromatic carbocycles. The SMILES string of the molecule is Cc1cc(Cl)cc(C(Br)c2ccc(F)c(C)c2)c1. The number of rotatable bonds is 2. The molecule has 0 aliphatic heterocycles. The fraction of sp³-hybridized carbons (Fsp3) is 0.200. The van der Waals surface area contributed by atoms with Crippen LogP contribution in [0.5, 0.6) is 0 Å². The Kier molecular flexibility index (Phi) is 4.08. The summed E-state index contributed by atoms with van der Waals surface area (Å²) in [4.78, 5) is 0.0224. The van der Waals surface area contributed by atoms with Gasteiger partial charge in [0.2, 0.25) is 0 Å². The quantitative estimate of drug-likeness (QED) is 0.632. The van der Waals surface area contributed by atoms with Crippen molar-refractivity contribution in [3.05, 3.63) is 69.5 Å². The fourth-order valence-electron chi connectivity index (χ4n) is 1.93. The molecule has 0 heterocycles. The maximum Gasteiger partial charge on any atom is 0.126 e. The topological polar surface area (TPSA) is 0 Å². The van der Waals surface area contributed by atoms with Crippen molar-refractivity contribution in [2.45, 2.75) is 18.7 Å². The first-order valence-corrected chi connectivity index (χ1v) is 6.94. The maximum absolute atomic E-state index is 13.3. The van der Waals surface area contributed by atoms with Crippen molar-refractivity contribution in [3.8, 4) is 0 Å². The number of aryl methyl sites for hydroxylation is 2. The number of hydrogen-bond donors (Lipinski definition) is 0. The van der Waals surface area contributed by atoms with E-state index in [0.29, 0.717) is 10.6 Å². The van der Waals surface area contributed by atoms with E-state index in [-0.39, 0.29) is 10.6 Å². The predicted octanol–water partition coefficient (Wildman–Crippen LogP) is 5.58. The fourth-order valence-corrected chi connectivity index (χ4v) is 2.78. The van der Waals surface area contributed by atoms with Crippen LogP contribution in [0.4, 0.5) is 4.39 Å². The first-order chi connectivity index (χ1) is 8.47. The molecule has 0 saturated heterocycles. The molecule has 3 heteroatoms. The van der Waals surface area contributed by atoms with Crippen LogP contribution < -0.4 is 0 Å². The second kappa shape index (κ2) is 5.41. The van der Waals surface area contributed by atoms with E-state index in [9.17, 15) is 4.39 Å². The first kappa shape index (κ1) is 13.6. The summed E-state index contributed by atoms with van der Waals surface area (Å²) < 4.78 is 13.3. The monoisotopic (exact) mass is 326 g/mol. The van der Waals surface area contributed by atoms with Gasteiger partial charge in [0.1, 0.15) is 5.82 Å². The Bertz CT molecular complexity index is 560. The van der Waals surface area contributed by atoms with E-state index < -0.39 is 0 Å². The van der Waals surface area contributed by atoms with E-state index in [2.05, 4.69) is 22.0 Å². The maximum atomic E-state index is 13.3. The molecule has 0 N–H and O–H groups in total. The molecule has 0 fully saturated rings. The lowest BCUT2D eigenvalue weighted by atomic mass is 10.0. The van der Waals surface area contributed by atoms with Crippen LogP contribution in [0.1, 0.15) is 27.1 Å². The Morgan fingerprint density at radius 3 is 2.39 bits per heavy atom. The van der Waals surface area contributed by atoms with Crippen molar-refractivity contribution in [1.82, 2.24) is 0 Å². The molecule has 2 rings (SSSR count). The molecule has 0 aliphatic carbocycles. The molecule has 94 valence electrons. The second-order valence-corrected chi connectivity index (χ2v) is 5.79. The standard InChI is InChI=1S/C15H13BrClF/c1-9-5-12(8-13(17)6-9)15(16)11-3-4-14(18)10(2)7-11/h3-8,15H,1-2H3. The third-order valence-corrected chi connectivity index (χ3v) is 4.11. The highest BCUT2D eigenvalue weighted by Gasteiger charge is 2.12. The zero-order valence-corrected chi connectivity index (χ0v) is 12.5. The molecule has 0 spiro atoms. The first-order valence-electron chi connectivity index (χ1n) is 5.64. The van der Waals surface area contributed by atoms with Crippen molar-refractivity contribution in [2.75, 3.05) is 0 Å². The van der Waals surface area contributed by atoms with Crippen LogP contribution in [0.2, 0.25) is 5.02 Å². The molecule has 1 unspecified atom stereocenters. The van der Waals surface area contributed by atoms with E-state index in [4.69, 9.17) is 11.6 Å². The molecular weight excluding hydrogens is 315 g/mol. The minimum absolute atomic E-state index is 0.0224. The van der Waals surface area contributed by atoms with Crippen molar-refractivity contribution in [2.24, 2.45) is 0 Å². The number of halogens is 3. The molecule has 0 aromatic heterocycles. The van der Waals surface area contributed by atoms with Gasteiger partial charge in [-0.15, -0.1) is 0 Å². The zero-order chi connectivity index (χ0) is 13.3. The van der Waals surface area contributed by atoms with Crippen LogP contribution in [-0.4, -0.2) is 0 Å². The molecule has 0 radical (unpaired) electrons. The van der Waals surface area contributed by atoms with Crippen LogP contribution in [-0.2, 0) is 0 Å². The molecule has 0 bridgehead atoms. The number of benzene rings is 2. The third-order valence-electron chi connectivity index (χ3n) is 2.83. The second-order valence-electron chi connectivity index (χ2n) is 4.43. The zero-order valence-electron chi connectivity index (χ0n) is 10.2. The van der Waals surface area contributed by atoms with Gasteiger partial charge in [0.05, 0.1) is 4.83 Å². The van der Waals surface area contributed by atoms with Gasteiger partial charge in [-0.1, -0.05) is 45.7 Å². The van der Waals surface area contributed by atoms with Gasteiger partial charge in [0.15, 0.2) is 0 Å². The number of hydrogen-bond acceptors (Lipinski definition) is 0. The molecular formula is C15H13BrClF. The molecule has 0 nitrogen and oxygen atoms in total. The molecule has 1 atom stereocenters. The van der Waals surface area contributed by atoms with E-state index >= 15 is 0 Å². The lowest BCUT2D eigenvalue weighted by Crippen LogP contribution is -1.95. The van der Waals surface area contributed by atoms with E-state index in [1.165, 1.54) is 6.07 Å². The summed E-state index contributed by atoms with van der Waals surface area (Å²) in [7, 11) is 0. The van der Waals surface area contributed by atoms with Gasteiger partial charge in [-0.3, -0.25) is 0 Å². The van der Waals surface area contributed by atoms with Gasteiger partial charge < -0.3 is 0 Å². The summed E-state index contributed by atoms with van der Waals surface area (Å²) in [6, 6.07) is 11.1. The van der Waals surface area contributed by atoms with Gasteiger partial charge in [0.25, 0.3) is 0 Å². The summed E-state index contributed by atoms with van der Waals surface area (Å²) in [6.45, 7) is 3.77. The minimum atomic E-state index is -0.180. The Labute approximate surface area is 120 Å². The summed E-state index contributed by atoms with van der Waals surface area (Å²) >= 11 is 9.70. The Hall–Kier alpha value is -0.860. The average molecular weight is 328 g/mol. The molecule has 2 aromatic rings. The van der Waals surface area contributed by atoms with Crippen LogP contribution >= 0.6 is 27.5 Å². The van der Waals surface area contributed by atoms with Gasteiger partial charge >= 0.3 is 0 Å². The number of alkyl halides is 1. The Morgan fingerprint density at radius 1 is 1.06 bits per heavy atom. The molecule has 18 heavy (non-hydrogen) atoms. The summed E-state index contributed by atoms with van der Waals surface area (Å²) in [5.41, 5.74) is 3.86. The van der Waals surface area contributed by atoms with Crippen molar-refractivity contribution >= 4 is 27.5 Å². The van der Waals surface area contributed by atoms with Crippen molar-refractivity contribution in [1.29, 1.82) is 0 Å². The highest BCUT2D eigenvalue weighted by atomic mass is 79.9. The highest BCUT2D eigenvalue weighted by molar-refractivity contribution is 9.09. The third kappa shape index (κ3) is 2.93. The van der Waals surface area contributed by atoms with Crippen LogP contribution in [0, 0.1) is 19.7 Å².